The Morgan fingerprint density at radius 2 is 1.75 bits per heavy atom. The molecule has 3 nitrogen and oxygen atoms in total. The molecule has 0 aromatic heterocycles. The van der Waals surface area contributed by atoms with Crippen LogP contribution in [0.4, 0.5) is 0 Å². The molecule has 20 heavy (non-hydrogen) atoms. The molecule has 2 saturated heterocycles. The molecule has 1 aromatic carbocycles. The number of hydrogen-bond donors (Lipinski definition) is 1. The van der Waals surface area contributed by atoms with Crippen LogP contribution in [0.15, 0.2) is 30.3 Å². The highest BCUT2D eigenvalue weighted by Crippen LogP contribution is 2.10. The summed E-state index contributed by atoms with van der Waals surface area (Å²) in [7, 11) is 0. The van der Waals surface area contributed by atoms with Crippen molar-refractivity contribution in [2.45, 2.75) is 25.3 Å². The number of nitrogens with one attached hydrogen (secondary N) is 1. The zero-order valence-corrected chi connectivity index (χ0v) is 12.4. The van der Waals surface area contributed by atoms with E-state index in [-0.39, 0.29) is 0 Å². The Balaban J connectivity index is 1.35. The molecule has 0 radical (unpaired) electrons. The lowest BCUT2D eigenvalue weighted by atomic mass is 10.1. The second kappa shape index (κ2) is 7.21. The van der Waals surface area contributed by atoms with Gasteiger partial charge in [-0.15, -0.1) is 0 Å². The van der Waals surface area contributed by atoms with Crippen LogP contribution in [0.3, 0.4) is 0 Å². The summed E-state index contributed by atoms with van der Waals surface area (Å²) in [5.41, 5.74) is 1.46. The molecule has 3 rings (SSSR count). The van der Waals surface area contributed by atoms with Gasteiger partial charge >= 0.3 is 0 Å². The first-order chi connectivity index (χ1) is 9.90. The SMILES string of the molecule is c1ccc(CCN2CCN(C[C@H]3CCCN3)CC2)cc1. The lowest BCUT2D eigenvalue weighted by molar-refractivity contribution is 0.126. The third-order valence-corrected chi connectivity index (χ3v) is 4.67. The highest BCUT2D eigenvalue weighted by atomic mass is 15.3. The first-order valence-electron chi connectivity index (χ1n) is 8.12. The Bertz CT molecular complexity index is 378. The van der Waals surface area contributed by atoms with Crippen molar-refractivity contribution < 1.29 is 0 Å². The summed E-state index contributed by atoms with van der Waals surface area (Å²) in [6, 6.07) is 11.6. The standard InChI is InChI=1S/C17H27N3/c1-2-5-16(6-3-1)8-10-19-11-13-20(14-12-19)15-17-7-4-9-18-17/h1-3,5-6,17-18H,4,7-15H2/t17-/m1/s1. The van der Waals surface area contributed by atoms with Crippen LogP contribution in [-0.4, -0.2) is 61.7 Å². The molecule has 1 aromatic rings. The minimum absolute atomic E-state index is 0.755. The predicted molar refractivity (Wildman–Crippen MR) is 84.1 cm³/mol. The topological polar surface area (TPSA) is 18.5 Å². The third kappa shape index (κ3) is 4.05. The van der Waals surface area contributed by atoms with Crippen LogP contribution in [0.5, 0.6) is 0 Å². The van der Waals surface area contributed by atoms with Crippen molar-refractivity contribution in [1.82, 2.24) is 15.1 Å². The lowest BCUT2D eigenvalue weighted by Gasteiger charge is -2.36. The van der Waals surface area contributed by atoms with Gasteiger partial charge in [-0.25, -0.2) is 0 Å². The van der Waals surface area contributed by atoms with E-state index in [0.29, 0.717) is 0 Å². The average molecular weight is 273 g/mol. The number of piperazine rings is 1. The van der Waals surface area contributed by atoms with Crippen LogP contribution < -0.4 is 5.32 Å². The molecule has 0 aliphatic carbocycles. The fourth-order valence-corrected chi connectivity index (χ4v) is 3.35. The summed E-state index contributed by atoms with van der Waals surface area (Å²) in [4.78, 5) is 5.26. The average Bonchev–Trinajstić information content (AvgIpc) is 3.01. The van der Waals surface area contributed by atoms with E-state index < -0.39 is 0 Å². The Morgan fingerprint density at radius 3 is 2.45 bits per heavy atom. The number of rotatable bonds is 5. The van der Waals surface area contributed by atoms with Gasteiger partial charge in [0.15, 0.2) is 0 Å². The van der Waals surface area contributed by atoms with Gasteiger partial charge in [0.2, 0.25) is 0 Å². The Morgan fingerprint density at radius 1 is 1.00 bits per heavy atom. The van der Waals surface area contributed by atoms with E-state index in [1.165, 1.54) is 70.6 Å². The summed E-state index contributed by atoms with van der Waals surface area (Å²) in [6.45, 7) is 8.65. The highest BCUT2D eigenvalue weighted by molar-refractivity contribution is 5.14. The van der Waals surface area contributed by atoms with Crippen LogP contribution >= 0.6 is 0 Å². The van der Waals surface area contributed by atoms with Gasteiger partial charge in [0, 0.05) is 45.3 Å². The van der Waals surface area contributed by atoms with Crippen molar-refractivity contribution >= 4 is 0 Å². The van der Waals surface area contributed by atoms with Crippen LogP contribution in [0.2, 0.25) is 0 Å². The summed E-state index contributed by atoms with van der Waals surface area (Å²) >= 11 is 0. The maximum atomic E-state index is 3.61. The molecule has 0 amide bonds. The van der Waals surface area contributed by atoms with Crippen molar-refractivity contribution in [3.05, 3.63) is 35.9 Å². The van der Waals surface area contributed by atoms with Crippen molar-refractivity contribution in [3.63, 3.8) is 0 Å². The number of hydrogen-bond acceptors (Lipinski definition) is 3. The van der Waals surface area contributed by atoms with Crippen molar-refractivity contribution in [2.24, 2.45) is 0 Å². The smallest absolute Gasteiger partial charge is 0.0195 e. The first kappa shape index (κ1) is 14.1. The molecule has 110 valence electrons. The third-order valence-electron chi connectivity index (χ3n) is 4.67. The van der Waals surface area contributed by atoms with E-state index in [9.17, 15) is 0 Å². The minimum atomic E-state index is 0.755. The largest absolute Gasteiger partial charge is 0.313 e. The second-order valence-corrected chi connectivity index (χ2v) is 6.17. The Hall–Kier alpha value is -0.900. The molecule has 2 heterocycles. The second-order valence-electron chi connectivity index (χ2n) is 6.17. The molecule has 2 fully saturated rings. The van der Waals surface area contributed by atoms with Gasteiger partial charge in [-0.05, 0) is 31.4 Å². The van der Waals surface area contributed by atoms with Gasteiger partial charge in [0.1, 0.15) is 0 Å². The highest BCUT2D eigenvalue weighted by Gasteiger charge is 2.21. The normalized spacial score (nSPS) is 25.1. The zero-order chi connectivity index (χ0) is 13.6. The molecule has 0 bridgehead atoms. The van der Waals surface area contributed by atoms with E-state index in [1.54, 1.807) is 0 Å². The van der Waals surface area contributed by atoms with E-state index in [0.717, 1.165) is 6.04 Å². The van der Waals surface area contributed by atoms with Crippen molar-refractivity contribution in [3.8, 4) is 0 Å². The molecular weight excluding hydrogens is 246 g/mol. The molecule has 3 heteroatoms. The first-order valence-corrected chi connectivity index (χ1v) is 8.12. The number of nitrogens with zero attached hydrogens (tertiary/aromatic N) is 2. The number of benzene rings is 1. The van der Waals surface area contributed by atoms with E-state index in [1.807, 2.05) is 0 Å². The maximum Gasteiger partial charge on any atom is 0.0195 e. The van der Waals surface area contributed by atoms with E-state index in [2.05, 4.69) is 45.4 Å². The van der Waals surface area contributed by atoms with Crippen LogP contribution in [-0.2, 0) is 6.42 Å². The summed E-state index contributed by atoms with van der Waals surface area (Å²) in [6.07, 6.45) is 3.92. The maximum absolute atomic E-state index is 3.61. The van der Waals surface area contributed by atoms with Crippen molar-refractivity contribution in [1.29, 1.82) is 0 Å². The zero-order valence-electron chi connectivity index (χ0n) is 12.4. The molecular formula is C17H27N3. The van der Waals surface area contributed by atoms with Crippen molar-refractivity contribution in [2.75, 3.05) is 45.8 Å². The molecule has 0 saturated carbocycles. The van der Waals surface area contributed by atoms with Gasteiger partial charge in [-0.1, -0.05) is 30.3 Å². The van der Waals surface area contributed by atoms with E-state index >= 15 is 0 Å². The fraction of sp³-hybridized carbons (Fsp3) is 0.647. The quantitative estimate of drug-likeness (QED) is 0.879. The summed E-state index contributed by atoms with van der Waals surface area (Å²) in [5, 5.41) is 3.61. The van der Waals surface area contributed by atoms with Gasteiger partial charge in [-0.2, -0.15) is 0 Å². The van der Waals surface area contributed by atoms with Gasteiger partial charge in [0.25, 0.3) is 0 Å². The predicted octanol–water partition coefficient (Wildman–Crippen LogP) is 1.60. The van der Waals surface area contributed by atoms with Gasteiger partial charge < -0.3 is 10.2 Å². The Labute approximate surface area is 123 Å². The lowest BCUT2D eigenvalue weighted by Crippen LogP contribution is -2.50. The summed E-state index contributed by atoms with van der Waals surface area (Å²) < 4.78 is 0. The van der Waals surface area contributed by atoms with Crippen LogP contribution in [0.1, 0.15) is 18.4 Å². The van der Waals surface area contributed by atoms with Gasteiger partial charge in [-0.3, -0.25) is 4.90 Å². The van der Waals surface area contributed by atoms with Crippen LogP contribution in [0, 0.1) is 0 Å². The molecule has 1 N–H and O–H groups in total. The molecule has 1 atom stereocenters. The fourth-order valence-electron chi connectivity index (χ4n) is 3.35. The molecule has 0 unspecified atom stereocenters. The molecule has 0 spiro atoms. The van der Waals surface area contributed by atoms with Crippen LogP contribution in [0.25, 0.3) is 0 Å². The molecule has 2 aliphatic rings. The summed E-state index contributed by atoms with van der Waals surface area (Å²) in [5.74, 6) is 0. The van der Waals surface area contributed by atoms with Gasteiger partial charge in [0.05, 0.1) is 0 Å². The Kier molecular flexibility index (Phi) is 5.06. The molecule has 2 aliphatic heterocycles. The monoisotopic (exact) mass is 273 g/mol. The van der Waals surface area contributed by atoms with E-state index in [4.69, 9.17) is 0 Å². The minimum Gasteiger partial charge on any atom is -0.313 e.